The average Bonchev–Trinajstić information content (AvgIpc) is 2.73. The lowest BCUT2D eigenvalue weighted by molar-refractivity contribution is 0.0702. The lowest BCUT2D eigenvalue weighted by Crippen LogP contribution is -2.09. The Bertz CT molecular complexity index is 591. The highest BCUT2D eigenvalue weighted by molar-refractivity contribution is 9.10. The first kappa shape index (κ1) is 13.4. The fourth-order valence-electron chi connectivity index (χ4n) is 1.57. The van der Waals surface area contributed by atoms with Gasteiger partial charge in [-0.2, -0.15) is 0 Å². The summed E-state index contributed by atoms with van der Waals surface area (Å²) in [7, 11) is 0. The third-order valence-electron chi connectivity index (χ3n) is 2.67. The van der Waals surface area contributed by atoms with Crippen molar-refractivity contribution in [2.45, 2.75) is 26.4 Å². The Morgan fingerprint density at radius 3 is 2.83 bits per heavy atom. The minimum Gasteiger partial charge on any atom is -0.491 e. The van der Waals surface area contributed by atoms with E-state index in [2.05, 4.69) is 22.9 Å². The number of fused-ring (bicyclic) bond motifs is 1. The van der Waals surface area contributed by atoms with Gasteiger partial charge in [-0.05, 0) is 52.9 Å². The van der Waals surface area contributed by atoms with Gasteiger partial charge in [-0.25, -0.2) is 4.79 Å². The average molecular weight is 329 g/mol. The molecule has 1 aromatic heterocycles. The number of rotatable bonds is 4. The summed E-state index contributed by atoms with van der Waals surface area (Å²) in [5, 5.41) is 9.89. The van der Waals surface area contributed by atoms with E-state index in [9.17, 15) is 4.79 Å². The lowest BCUT2D eigenvalue weighted by atomic mass is 10.2. The van der Waals surface area contributed by atoms with Crippen molar-refractivity contribution in [3.63, 3.8) is 0 Å². The minimum absolute atomic E-state index is 0.145. The van der Waals surface area contributed by atoms with Gasteiger partial charge in [-0.15, -0.1) is 11.3 Å². The van der Waals surface area contributed by atoms with E-state index in [1.165, 1.54) is 11.3 Å². The molecular formula is C13H13BrO3S. The van der Waals surface area contributed by atoms with Crippen LogP contribution in [0.25, 0.3) is 10.1 Å². The Kier molecular flexibility index (Phi) is 3.92. The number of thiophene rings is 1. The van der Waals surface area contributed by atoms with Crippen molar-refractivity contribution in [2.75, 3.05) is 0 Å². The molecular weight excluding hydrogens is 316 g/mol. The Labute approximate surface area is 118 Å². The number of hydrogen-bond acceptors (Lipinski definition) is 3. The van der Waals surface area contributed by atoms with Crippen LogP contribution in [-0.4, -0.2) is 17.2 Å². The van der Waals surface area contributed by atoms with Gasteiger partial charge in [0.1, 0.15) is 10.6 Å². The van der Waals surface area contributed by atoms with E-state index in [-0.39, 0.29) is 6.10 Å². The summed E-state index contributed by atoms with van der Waals surface area (Å²) < 4.78 is 7.55. The second-order valence-corrected chi connectivity index (χ2v) is 5.98. The van der Waals surface area contributed by atoms with Crippen LogP contribution in [0.1, 0.15) is 29.9 Å². The maximum Gasteiger partial charge on any atom is 0.345 e. The first-order chi connectivity index (χ1) is 8.51. The largest absolute Gasteiger partial charge is 0.491 e. The third-order valence-corrected chi connectivity index (χ3v) is 4.73. The zero-order valence-corrected chi connectivity index (χ0v) is 12.5. The number of halogens is 1. The van der Waals surface area contributed by atoms with E-state index in [0.717, 1.165) is 26.7 Å². The Morgan fingerprint density at radius 1 is 1.50 bits per heavy atom. The van der Waals surface area contributed by atoms with Crippen LogP contribution in [0.3, 0.4) is 0 Å². The van der Waals surface area contributed by atoms with E-state index in [4.69, 9.17) is 9.84 Å². The molecule has 0 aliphatic carbocycles. The molecule has 1 heterocycles. The number of benzene rings is 1. The summed E-state index contributed by atoms with van der Waals surface area (Å²) in [4.78, 5) is 11.3. The fraction of sp³-hybridized carbons (Fsp3) is 0.308. The van der Waals surface area contributed by atoms with Crippen molar-refractivity contribution in [3.05, 3.63) is 27.5 Å². The highest BCUT2D eigenvalue weighted by atomic mass is 79.9. The smallest absolute Gasteiger partial charge is 0.345 e. The highest BCUT2D eigenvalue weighted by Gasteiger charge is 2.12. The number of carboxylic acids is 1. The van der Waals surface area contributed by atoms with Gasteiger partial charge in [0.25, 0.3) is 0 Å². The summed E-state index contributed by atoms with van der Waals surface area (Å²) in [6.07, 6.45) is 1.08. The zero-order chi connectivity index (χ0) is 13.3. The Morgan fingerprint density at radius 2 is 2.22 bits per heavy atom. The van der Waals surface area contributed by atoms with Crippen LogP contribution in [0.4, 0.5) is 0 Å². The highest BCUT2D eigenvalue weighted by Crippen LogP contribution is 2.36. The third kappa shape index (κ3) is 2.67. The van der Waals surface area contributed by atoms with Crippen LogP contribution in [0, 0.1) is 0 Å². The molecule has 2 aromatic rings. The number of ether oxygens (including phenoxy) is 1. The predicted molar refractivity (Wildman–Crippen MR) is 76.9 cm³/mol. The van der Waals surface area contributed by atoms with Gasteiger partial charge < -0.3 is 9.84 Å². The first-order valence-corrected chi connectivity index (χ1v) is 7.25. The lowest BCUT2D eigenvalue weighted by Gasteiger charge is -2.12. The summed E-state index contributed by atoms with van der Waals surface area (Å²) >= 11 is 4.72. The summed E-state index contributed by atoms with van der Waals surface area (Å²) in [6.45, 7) is 4.07. The molecule has 0 amide bonds. The molecule has 0 saturated heterocycles. The van der Waals surface area contributed by atoms with Gasteiger partial charge in [0.2, 0.25) is 0 Å². The Balaban J connectivity index is 2.44. The molecule has 1 N–H and O–H groups in total. The number of carboxylic acid groups (broad SMARTS) is 1. The summed E-state index contributed by atoms with van der Waals surface area (Å²) in [6, 6.07) is 5.45. The van der Waals surface area contributed by atoms with E-state index in [0.29, 0.717) is 4.88 Å². The second kappa shape index (κ2) is 5.28. The van der Waals surface area contributed by atoms with Crippen LogP contribution in [0.15, 0.2) is 22.7 Å². The van der Waals surface area contributed by atoms with Gasteiger partial charge in [0, 0.05) is 9.17 Å². The Hall–Kier alpha value is -1.07. The molecule has 0 spiro atoms. The van der Waals surface area contributed by atoms with Gasteiger partial charge in [-0.1, -0.05) is 6.92 Å². The molecule has 1 aromatic carbocycles. The predicted octanol–water partition coefficient (Wildman–Crippen LogP) is 4.54. The van der Waals surface area contributed by atoms with Crippen LogP contribution in [-0.2, 0) is 0 Å². The van der Waals surface area contributed by atoms with Crippen molar-refractivity contribution < 1.29 is 14.6 Å². The first-order valence-electron chi connectivity index (χ1n) is 5.64. The maximum absolute atomic E-state index is 11.0. The maximum atomic E-state index is 11.0. The molecule has 0 bridgehead atoms. The van der Waals surface area contributed by atoms with Crippen LogP contribution >= 0.6 is 27.3 Å². The van der Waals surface area contributed by atoms with Crippen molar-refractivity contribution >= 4 is 43.3 Å². The molecule has 0 aliphatic rings. The van der Waals surface area contributed by atoms with Gasteiger partial charge >= 0.3 is 5.97 Å². The molecule has 5 heteroatoms. The van der Waals surface area contributed by atoms with Gasteiger partial charge in [-0.3, -0.25) is 0 Å². The van der Waals surface area contributed by atoms with Crippen LogP contribution in [0.2, 0.25) is 0 Å². The molecule has 0 fully saturated rings. The standard InChI is InChI=1S/C13H13BrO3S/c1-3-7(2)17-9-4-8-5-11(13(15)16)18-12(8)10(14)6-9/h4-7H,3H2,1-2H3,(H,15,16). The molecule has 1 atom stereocenters. The van der Waals surface area contributed by atoms with Crippen LogP contribution < -0.4 is 4.74 Å². The van der Waals surface area contributed by atoms with Crippen LogP contribution in [0.5, 0.6) is 5.75 Å². The number of carbonyl (C=O) groups is 1. The number of hydrogen-bond donors (Lipinski definition) is 1. The summed E-state index contributed by atoms with van der Waals surface area (Å²) in [5.74, 6) is -0.133. The molecule has 2 rings (SSSR count). The molecule has 3 nitrogen and oxygen atoms in total. The van der Waals surface area contributed by atoms with Crippen molar-refractivity contribution in [1.82, 2.24) is 0 Å². The van der Waals surface area contributed by atoms with Crippen molar-refractivity contribution in [3.8, 4) is 5.75 Å². The SMILES string of the molecule is CCC(C)Oc1cc(Br)c2sc(C(=O)O)cc2c1. The normalized spacial score (nSPS) is 12.6. The molecule has 0 radical (unpaired) electrons. The van der Waals surface area contributed by atoms with Gasteiger partial charge in [0.05, 0.1) is 6.10 Å². The van der Waals surface area contributed by atoms with Gasteiger partial charge in [0.15, 0.2) is 0 Å². The topological polar surface area (TPSA) is 46.5 Å². The summed E-state index contributed by atoms with van der Waals surface area (Å²) in [5.41, 5.74) is 0. The minimum atomic E-state index is -0.896. The van der Waals surface area contributed by atoms with E-state index in [1.54, 1.807) is 6.07 Å². The molecule has 96 valence electrons. The zero-order valence-electron chi connectivity index (χ0n) is 10.1. The van der Waals surface area contributed by atoms with E-state index < -0.39 is 5.97 Å². The molecule has 0 saturated carbocycles. The van der Waals surface area contributed by atoms with Crippen molar-refractivity contribution in [2.24, 2.45) is 0 Å². The van der Waals surface area contributed by atoms with E-state index in [1.807, 2.05) is 19.1 Å². The molecule has 1 unspecified atom stereocenters. The number of aromatic carboxylic acids is 1. The molecule has 18 heavy (non-hydrogen) atoms. The quantitative estimate of drug-likeness (QED) is 0.896. The fourth-order valence-corrected chi connectivity index (χ4v) is 3.16. The monoisotopic (exact) mass is 328 g/mol. The van der Waals surface area contributed by atoms with Crippen molar-refractivity contribution in [1.29, 1.82) is 0 Å². The second-order valence-electron chi connectivity index (χ2n) is 4.08. The van der Waals surface area contributed by atoms with E-state index >= 15 is 0 Å². The molecule has 0 aliphatic heterocycles.